The van der Waals surface area contributed by atoms with Crippen molar-refractivity contribution in [3.8, 4) is 5.75 Å². The van der Waals surface area contributed by atoms with Crippen LogP contribution < -0.4 is 5.32 Å². The van der Waals surface area contributed by atoms with E-state index in [1.54, 1.807) is 18.5 Å². The lowest BCUT2D eigenvalue weighted by Crippen LogP contribution is -2.19. The first-order valence-corrected chi connectivity index (χ1v) is 4.71. The fourth-order valence-electron chi connectivity index (χ4n) is 1.04. The molecule has 3 nitrogen and oxygen atoms in total. The Morgan fingerprint density at radius 1 is 1.64 bits per heavy atom. The Kier molecular flexibility index (Phi) is 4.13. The van der Waals surface area contributed by atoms with Crippen LogP contribution in [0.1, 0.15) is 18.9 Å². The van der Waals surface area contributed by atoms with Crippen LogP contribution in [0.25, 0.3) is 6.08 Å². The van der Waals surface area contributed by atoms with Crippen molar-refractivity contribution in [1.29, 1.82) is 0 Å². The molecule has 0 bridgehead atoms. The third kappa shape index (κ3) is 3.18. The summed E-state index contributed by atoms with van der Waals surface area (Å²) in [4.78, 5) is 3.94. The standard InChI is InChI=1S/C11H16N2O/c1-9(12-2)4-3-5-10-8-13-7-6-11(10)14/h3,5-9,12H,4H2,1-2H3,(H,13,14)/t9-/m0/s1. The van der Waals surface area contributed by atoms with Crippen LogP contribution >= 0.6 is 0 Å². The van der Waals surface area contributed by atoms with Crippen molar-refractivity contribution in [2.45, 2.75) is 19.4 Å². The van der Waals surface area contributed by atoms with E-state index in [0.717, 1.165) is 12.0 Å². The van der Waals surface area contributed by atoms with Crippen molar-refractivity contribution >= 4 is 6.08 Å². The van der Waals surface area contributed by atoms with Gasteiger partial charge in [-0.05, 0) is 26.5 Å². The van der Waals surface area contributed by atoms with Crippen molar-refractivity contribution in [3.63, 3.8) is 0 Å². The molecule has 0 radical (unpaired) electrons. The molecule has 0 fully saturated rings. The van der Waals surface area contributed by atoms with E-state index in [9.17, 15) is 5.11 Å². The molecule has 0 spiro atoms. The Labute approximate surface area is 84.5 Å². The fourth-order valence-corrected chi connectivity index (χ4v) is 1.04. The van der Waals surface area contributed by atoms with Gasteiger partial charge in [-0.1, -0.05) is 12.2 Å². The van der Waals surface area contributed by atoms with Gasteiger partial charge in [-0.3, -0.25) is 4.98 Å². The van der Waals surface area contributed by atoms with Crippen LogP contribution in [0.15, 0.2) is 24.5 Å². The molecule has 0 saturated heterocycles. The first kappa shape index (κ1) is 10.7. The normalized spacial score (nSPS) is 13.3. The second-order valence-electron chi connectivity index (χ2n) is 3.26. The van der Waals surface area contributed by atoms with Crippen LogP contribution in [-0.4, -0.2) is 23.2 Å². The lowest BCUT2D eigenvalue weighted by molar-refractivity contribution is 0.473. The molecule has 0 aliphatic carbocycles. The van der Waals surface area contributed by atoms with Crippen molar-refractivity contribution in [2.24, 2.45) is 0 Å². The van der Waals surface area contributed by atoms with Gasteiger partial charge in [0, 0.05) is 24.0 Å². The van der Waals surface area contributed by atoms with E-state index in [1.165, 1.54) is 0 Å². The summed E-state index contributed by atoms with van der Waals surface area (Å²) < 4.78 is 0. The summed E-state index contributed by atoms with van der Waals surface area (Å²) in [5.74, 6) is 0.272. The molecule has 1 atom stereocenters. The van der Waals surface area contributed by atoms with Crippen LogP contribution in [0.2, 0.25) is 0 Å². The molecule has 3 heteroatoms. The molecule has 1 heterocycles. The number of hydrogen-bond acceptors (Lipinski definition) is 3. The maximum absolute atomic E-state index is 9.43. The van der Waals surface area contributed by atoms with Gasteiger partial charge in [0.15, 0.2) is 0 Å². The van der Waals surface area contributed by atoms with Crippen molar-refractivity contribution in [2.75, 3.05) is 7.05 Å². The molecular weight excluding hydrogens is 176 g/mol. The summed E-state index contributed by atoms with van der Waals surface area (Å²) >= 11 is 0. The molecule has 0 aliphatic heterocycles. The minimum atomic E-state index is 0.272. The maximum atomic E-state index is 9.43. The lowest BCUT2D eigenvalue weighted by Gasteiger charge is -2.05. The summed E-state index contributed by atoms with van der Waals surface area (Å²) in [5.41, 5.74) is 0.760. The van der Waals surface area contributed by atoms with Gasteiger partial charge in [0.25, 0.3) is 0 Å². The van der Waals surface area contributed by atoms with Crippen LogP contribution in [0.3, 0.4) is 0 Å². The molecule has 76 valence electrons. The van der Waals surface area contributed by atoms with Gasteiger partial charge < -0.3 is 10.4 Å². The van der Waals surface area contributed by atoms with E-state index in [1.807, 2.05) is 19.2 Å². The van der Waals surface area contributed by atoms with E-state index in [0.29, 0.717) is 6.04 Å². The first-order chi connectivity index (χ1) is 6.74. The maximum Gasteiger partial charge on any atom is 0.125 e. The topological polar surface area (TPSA) is 45.2 Å². The van der Waals surface area contributed by atoms with Gasteiger partial charge in [-0.15, -0.1) is 0 Å². The van der Waals surface area contributed by atoms with Crippen molar-refractivity contribution in [1.82, 2.24) is 10.3 Å². The van der Waals surface area contributed by atoms with Crippen molar-refractivity contribution < 1.29 is 5.11 Å². The Bertz CT molecular complexity index is 310. The molecule has 1 aromatic rings. The molecule has 0 saturated carbocycles. The van der Waals surface area contributed by atoms with Gasteiger partial charge in [0.1, 0.15) is 5.75 Å². The Hall–Kier alpha value is -1.35. The third-order valence-electron chi connectivity index (χ3n) is 2.11. The van der Waals surface area contributed by atoms with Crippen LogP contribution in [-0.2, 0) is 0 Å². The average Bonchev–Trinajstić information content (AvgIpc) is 2.20. The minimum absolute atomic E-state index is 0.272. The molecule has 0 amide bonds. The van der Waals surface area contributed by atoms with Crippen LogP contribution in [0, 0.1) is 0 Å². The van der Waals surface area contributed by atoms with Crippen molar-refractivity contribution in [3.05, 3.63) is 30.1 Å². The highest BCUT2D eigenvalue weighted by Crippen LogP contribution is 2.15. The minimum Gasteiger partial charge on any atom is -0.507 e. The summed E-state index contributed by atoms with van der Waals surface area (Å²) in [5, 5.41) is 12.6. The molecule has 1 rings (SSSR count). The van der Waals surface area contributed by atoms with Gasteiger partial charge in [0.05, 0.1) is 0 Å². The van der Waals surface area contributed by atoms with E-state index in [4.69, 9.17) is 0 Å². The Morgan fingerprint density at radius 2 is 2.43 bits per heavy atom. The lowest BCUT2D eigenvalue weighted by atomic mass is 10.2. The number of nitrogens with one attached hydrogen (secondary N) is 1. The Morgan fingerprint density at radius 3 is 3.07 bits per heavy atom. The average molecular weight is 192 g/mol. The number of rotatable bonds is 4. The third-order valence-corrected chi connectivity index (χ3v) is 2.11. The summed E-state index contributed by atoms with van der Waals surface area (Å²) in [6.45, 7) is 2.10. The number of aromatic nitrogens is 1. The predicted octanol–water partition coefficient (Wildman–Crippen LogP) is 1.80. The highest BCUT2D eigenvalue weighted by molar-refractivity contribution is 5.55. The smallest absolute Gasteiger partial charge is 0.125 e. The predicted molar refractivity (Wildman–Crippen MR) is 58.1 cm³/mol. The fraction of sp³-hybridized carbons (Fsp3) is 0.364. The zero-order valence-electron chi connectivity index (χ0n) is 8.57. The molecular formula is C11H16N2O. The van der Waals surface area contributed by atoms with E-state index >= 15 is 0 Å². The summed E-state index contributed by atoms with van der Waals surface area (Å²) in [6.07, 6.45) is 8.07. The van der Waals surface area contributed by atoms with E-state index in [-0.39, 0.29) is 5.75 Å². The SMILES string of the molecule is CN[C@@H](C)CC=Cc1cnccc1O. The van der Waals surface area contributed by atoms with Gasteiger partial charge >= 0.3 is 0 Å². The second kappa shape index (κ2) is 5.40. The van der Waals surface area contributed by atoms with Gasteiger partial charge in [0.2, 0.25) is 0 Å². The molecule has 1 aromatic heterocycles. The molecule has 0 aromatic carbocycles. The molecule has 14 heavy (non-hydrogen) atoms. The number of hydrogen-bond donors (Lipinski definition) is 2. The highest BCUT2D eigenvalue weighted by Gasteiger charge is 1.96. The quantitative estimate of drug-likeness (QED) is 0.764. The number of aromatic hydroxyl groups is 1. The van der Waals surface area contributed by atoms with Gasteiger partial charge in [-0.2, -0.15) is 0 Å². The largest absolute Gasteiger partial charge is 0.507 e. The monoisotopic (exact) mass is 192 g/mol. The molecule has 0 unspecified atom stereocenters. The second-order valence-corrected chi connectivity index (χ2v) is 3.26. The van der Waals surface area contributed by atoms with Crippen LogP contribution in [0.5, 0.6) is 5.75 Å². The zero-order chi connectivity index (χ0) is 10.4. The van der Waals surface area contributed by atoms with E-state index < -0.39 is 0 Å². The zero-order valence-corrected chi connectivity index (χ0v) is 8.57. The van der Waals surface area contributed by atoms with Crippen LogP contribution in [0.4, 0.5) is 0 Å². The number of pyridine rings is 1. The molecule has 0 aliphatic rings. The first-order valence-electron chi connectivity index (χ1n) is 4.71. The Balaban J connectivity index is 2.56. The van der Waals surface area contributed by atoms with Gasteiger partial charge in [-0.25, -0.2) is 0 Å². The van der Waals surface area contributed by atoms with E-state index in [2.05, 4.69) is 17.2 Å². The summed E-state index contributed by atoms with van der Waals surface area (Å²) in [6, 6.07) is 2.03. The number of nitrogens with zero attached hydrogens (tertiary/aromatic N) is 1. The summed E-state index contributed by atoms with van der Waals surface area (Å²) in [7, 11) is 1.93. The highest BCUT2D eigenvalue weighted by atomic mass is 16.3. The molecule has 2 N–H and O–H groups in total.